The van der Waals surface area contributed by atoms with E-state index in [0.29, 0.717) is 13.8 Å². The monoisotopic (exact) mass is 200 g/mol. The van der Waals surface area contributed by atoms with Crippen LogP contribution in [0.25, 0.3) is 0 Å². The number of methoxy groups -OCH3 is 1. The zero-order valence-electron chi connectivity index (χ0n) is 9.86. The molecule has 0 heterocycles. The Hall–Kier alpha value is -0.515. The second-order valence-corrected chi connectivity index (χ2v) is 3.59. The second kappa shape index (κ2) is 7.85. The van der Waals surface area contributed by atoms with Gasteiger partial charge >= 0.3 is 6.98 Å². The Morgan fingerprint density at radius 2 is 1.71 bits per heavy atom. The summed E-state index contributed by atoms with van der Waals surface area (Å²) in [5, 5.41) is 0. The highest BCUT2D eigenvalue weighted by molar-refractivity contribution is 6.52. The molecule has 0 saturated carbocycles. The van der Waals surface area contributed by atoms with Crippen molar-refractivity contribution < 1.29 is 9.47 Å². The zero-order valence-corrected chi connectivity index (χ0v) is 9.86. The molecule has 0 saturated heterocycles. The highest BCUT2D eigenvalue weighted by Crippen LogP contribution is 2.00. The molecule has 82 valence electrons. The number of ether oxygens (including phenoxy) is 2. The van der Waals surface area contributed by atoms with Crippen LogP contribution in [0.15, 0.2) is 12.3 Å². The van der Waals surface area contributed by atoms with Crippen LogP contribution >= 0.6 is 0 Å². The fraction of sp³-hybridized carbons (Fsp3) is 0.778. The first-order valence-corrected chi connectivity index (χ1v) is 4.68. The van der Waals surface area contributed by atoms with E-state index in [4.69, 9.17) is 9.47 Å². The van der Waals surface area contributed by atoms with E-state index in [9.17, 15) is 0 Å². The summed E-state index contributed by atoms with van der Waals surface area (Å²) in [5.74, 6) is 0. The van der Waals surface area contributed by atoms with Crippen molar-refractivity contribution in [3.05, 3.63) is 12.3 Å². The minimum absolute atomic E-state index is 0.311. The van der Waals surface area contributed by atoms with E-state index in [2.05, 4.69) is 37.8 Å². The third-order valence-corrected chi connectivity index (χ3v) is 1.92. The summed E-state index contributed by atoms with van der Waals surface area (Å²) in [6, 6.07) is 0. The van der Waals surface area contributed by atoms with E-state index in [-0.39, 0.29) is 0 Å². The van der Waals surface area contributed by atoms with Crippen LogP contribution in [0, 0.1) is 0 Å². The van der Waals surface area contributed by atoms with Crippen molar-refractivity contribution in [3.63, 3.8) is 0 Å². The summed E-state index contributed by atoms with van der Waals surface area (Å²) in [6.45, 7) is 0.711. The minimum Gasteiger partial charge on any atom is -0.476 e. The molecule has 4 nitrogen and oxygen atoms in total. The normalized spacial score (nSPS) is 11.6. The van der Waals surface area contributed by atoms with Crippen molar-refractivity contribution in [1.29, 1.82) is 0 Å². The lowest BCUT2D eigenvalue weighted by Gasteiger charge is -2.25. The molecule has 0 aromatic rings. The van der Waals surface area contributed by atoms with Gasteiger partial charge in [-0.15, -0.1) is 0 Å². The summed E-state index contributed by atoms with van der Waals surface area (Å²) in [4.78, 5) is 4.33. The van der Waals surface area contributed by atoms with Crippen molar-refractivity contribution in [2.45, 2.75) is 6.32 Å². The molecule has 0 spiro atoms. The van der Waals surface area contributed by atoms with Crippen LogP contribution < -0.4 is 0 Å². The van der Waals surface area contributed by atoms with Gasteiger partial charge in [-0.25, -0.2) is 0 Å². The Kier molecular flexibility index (Phi) is 7.56. The highest BCUT2D eigenvalue weighted by Gasteiger charge is 2.17. The summed E-state index contributed by atoms with van der Waals surface area (Å²) in [5.41, 5.74) is 0. The molecule has 0 radical (unpaired) electrons. The summed E-state index contributed by atoms with van der Waals surface area (Å²) in [6.07, 6.45) is 4.62. The third kappa shape index (κ3) is 6.02. The van der Waals surface area contributed by atoms with Crippen LogP contribution in [0.3, 0.4) is 0 Å². The number of nitrogens with zero attached hydrogens (tertiary/aromatic N) is 2. The summed E-state index contributed by atoms with van der Waals surface area (Å²) in [7, 11) is 9.86. The maximum absolute atomic E-state index is 5.05. The van der Waals surface area contributed by atoms with Crippen LogP contribution in [0.2, 0.25) is 6.32 Å². The number of allylic oxidation sites excluding steroid dienone is 1. The summed E-state index contributed by atoms with van der Waals surface area (Å²) >= 11 is 0. The van der Waals surface area contributed by atoms with Crippen LogP contribution in [-0.4, -0.2) is 58.7 Å². The average molecular weight is 200 g/mol. The number of hydrogen-bond acceptors (Lipinski definition) is 4. The molecule has 0 N–H and O–H groups in total. The van der Waals surface area contributed by atoms with Crippen molar-refractivity contribution in [3.8, 4) is 0 Å². The first-order valence-electron chi connectivity index (χ1n) is 4.68. The number of rotatable bonds is 7. The molecule has 0 aliphatic carbocycles. The Morgan fingerprint density at radius 1 is 1.14 bits per heavy atom. The van der Waals surface area contributed by atoms with Crippen LogP contribution in [0.4, 0.5) is 0 Å². The molecule has 0 aliphatic heterocycles. The van der Waals surface area contributed by atoms with E-state index in [1.807, 2.05) is 6.08 Å². The molecule has 0 fully saturated rings. The van der Waals surface area contributed by atoms with Crippen LogP contribution in [-0.2, 0) is 9.47 Å². The largest absolute Gasteiger partial charge is 0.476 e. The van der Waals surface area contributed by atoms with Crippen molar-refractivity contribution >= 4 is 6.98 Å². The predicted molar refractivity (Wildman–Crippen MR) is 60.0 cm³/mol. The fourth-order valence-electron chi connectivity index (χ4n) is 1.24. The fourth-order valence-corrected chi connectivity index (χ4v) is 1.24. The number of hydrogen-bond donors (Lipinski definition) is 0. The Labute approximate surface area is 87.6 Å². The molecule has 14 heavy (non-hydrogen) atoms. The van der Waals surface area contributed by atoms with Gasteiger partial charge < -0.3 is 19.1 Å². The third-order valence-electron chi connectivity index (χ3n) is 1.92. The lowest BCUT2D eigenvalue weighted by atomic mass is 9.69. The maximum atomic E-state index is 5.05. The maximum Gasteiger partial charge on any atom is 0.314 e. The van der Waals surface area contributed by atoms with E-state index in [1.165, 1.54) is 0 Å². The molecule has 0 amide bonds. The molecular weight excluding hydrogens is 179 g/mol. The molecule has 0 aromatic heterocycles. The van der Waals surface area contributed by atoms with Gasteiger partial charge in [-0.3, -0.25) is 0 Å². The van der Waals surface area contributed by atoms with Crippen LogP contribution in [0.1, 0.15) is 0 Å². The lowest BCUT2D eigenvalue weighted by molar-refractivity contribution is 0.0197. The zero-order chi connectivity index (χ0) is 11.0. The molecular formula is C9H21BN2O2. The average Bonchev–Trinajstić information content (AvgIpc) is 2.09. The Balaban J connectivity index is 3.76. The van der Waals surface area contributed by atoms with Gasteiger partial charge in [0.1, 0.15) is 0 Å². The lowest BCUT2D eigenvalue weighted by Crippen LogP contribution is -2.44. The topological polar surface area (TPSA) is 24.9 Å². The van der Waals surface area contributed by atoms with Crippen molar-refractivity contribution in [1.82, 2.24) is 9.62 Å². The van der Waals surface area contributed by atoms with Crippen molar-refractivity contribution in [2.75, 3.05) is 42.1 Å². The smallest absolute Gasteiger partial charge is 0.314 e. The van der Waals surface area contributed by atoms with Gasteiger partial charge in [0.2, 0.25) is 0 Å². The van der Waals surface area contributed by atoms with Crippen molar-refractivity contribution in [2.24, 2.45) is 0 Å². The van der Waals surface area contributed by atoms with Gasteiger partial charge in [-0.2, -0.15) is 0 Å². The minimum atomic E-state index is 0.311. The molecule has 0 bridgehead atoms. The quantitative estimate of drug-likeness (QED) is 0.262. The molecule has 0 aliphatic rings. The standard InChI is InChI=1S/C9H21BN2O2/c1-11(2)10(12(3)4)7-6-8-14-9-13-5/h6,8H,7,9H2,1-5H3/b8-6-. The van der Waals surface area contributed by atoms with E-state index in [0.717, 1.165) is 6.32 Å². The highest BCUT2D eigenvalue weighted by atomic mass is 16.7. The van der Waals surface area contributed by atoms with Gasteiger partial charge in [0.25, 0.3) is 0 Å². The first kappa shape index (κ1) is 13.5. The van der Waals surface area contributed by atoms with Gasteiger partial charge in [-0.1, -0.05) is 6.08 Å². The predicted octanol–water partition coefficient (Wildman–Crippen LogP) is 0.732. The van der Waals surface area contributed by atoms with Gasteiger partial charge in [0.05, 0.1) is 6.26 Å². The molecule has 5 heteroatoms. The summed E-state index contributed by atoms with van der Waals surface area (Å²) < 4.78 is 9.80. The SMILES string of the molecule is COCO/C=C\CB(N(C)C)N(C)C. The van der Waals surface area contributed by atoms with Crippen LogP contribution in [0.5, 0.6) is 0 Å². The van der Waals surface area contributed by atoms with Gasteiger partial charge in [0, 0.05) is 7.11 Å². The Bertz CT molecular complexity index is 155. The molecule has 0 rings (SSSR count). The van der Waals surface area contributed by atoms with E-state index in [1.54, 1.807) is 13.4 Å². The molecule has 0 unspecified atom stereocenters. The van der Waals surface area contributed by atoms with E-state index >= 15 is 0 Å². The first-order chi connectivity index (χ1) is 6.59. The van der Waals surface area contributed by atoms with E-state index < -0.39 is 0 Å². The van der Waals surface area contributed by atoms with Gasteiger partial charge in [0.15, 0.2) is 6.79 Å². The second-order valence-electron chi connectivity index (χ2n) is 3.59. The molecule has 0 aromatic carbocycles. The Morgan fingerprint density at radius 3 is 2.14 bits per heavy atom. The molecule has 0 atom stereocenters. The van der Waals surface area contributed by atoms with Gasteiger partial charge in [-0.05, 0) is 34.5 Å².